The van der Waals surface area contributed by atoms with Crippen molar-refractivity contribution in [1.82, 2.24) is 4.90 Å². The van der Waals surface area contributed by atoms with Gasteiger partial charge in [0.25, 0.3) is 0 Å². The normalized spacial score (nSPS) is 21.1. The molecule has 0 bridgehead atoms. The molecule has 0 saturated carbocycles. The van der Waals surface area contributed by atoms with Crippen LogP contribution in [0, 0.1) is 5.92 Å². The summed E-state index contributed by atoms with van der Waals surface area (Å²) in [7, 11) is 0. The first-order chi connectivity index (χ1) is 6.36. The summed E-state index contributed by atoms with van der Waals surface area (Å²) in [6.07, 6.45) is 4.21. The zero-order chi connectivity index (χ0) is 9.52. The van der Waals surface area contributed by atoms with Crippen molar-refractivity contribution in [3.63, 3.8) is 0 Å². The lowest BCUT2D eigenvalue weighted by atomic mass is 9.98. The van der Waals surface area contributed by atoms with E-state index in [0.29, 0.717) is 5.92 Å². The summed E-state index contributed by atoms with van der Waals surface area (Å²) in [4.78, 5) is 7.63. The summed E-state index contributed by atoms with van der Waals surface area (Å²) < 4.78 is 0. The molecule has 1 fully saturated rings. The summed E-state index contributed by atoms with van der Waals surface area (Å²) in [5.41, 5.74) is 0. The fraction of sp³-hybridized carbons (Fsp3) is 0.900. The van der Waals surface area contributed by atoms with Gasteiger partial charge in [-0.25, -0.2) is 0 Å². The molecule has 0 radical (unpaired) electrons. The fourth-order valence-electron chi connectivity index (χ4n) is 1.69. The van der Waals surface area contributed by atoms with Gasteiger partial charge in [0, 0.05) is 6.21 Å². The highest BCUT2D eigenvalue weighted by Crippen LogP contribution is 2.16. The van der Waals surface area contributed by atoms with E-state index >= 15 is 0 Å². The summed E-state index contributed by atoms with van der Waals surface area (Å²) in [6.45, 7) is 8.52. The third-order valence-electron chi connectivity index (χ3n) is 2.64. The lowest BCUT2D eigenvalue weighted by Crippen LogP contribution is -2.34. The van der Waals surface area contributed by atoms with Crippen LogP contribution in [0.4, 0.5) is 0 Å². The minimum absolute atomic E-state index is 0.714. The topological polar surface area (TPSA) is 24.8 Å². The van der Waals surface area contributed by atoms with Crippen LogP contribution in [0.1, 0.15) is 26.7 Å². The molecule has 1 saturated heterocycles. The van der Waals surface area contributed by atoms with Gasteiger partial charge in [0.05, 0.1) is 0 Å². The molecule has 0 amide bonds. The SMILES string of the molecule is C/C=N/OCC1CCN(CC)CC1. The first-order valence-electron chi connectivity index (χ1n) is 5.19. The third kappa shape index (κ3) is 3.77. The number of likely N-dealkylation sites (tertiary alicyclic amines) is 1. The maximum Gasteiger partial charge on any atom is 0.120 e. The van der Waals surface area contributed by atoms with Gasteiger partial charge in [-0.05, 0) is 45.3 Å². The molecule has 1 aliphatic heterocycles. The molecule has 0 aromatic heterocycles. The first-order valence-corrected chi connectivity index (χ1v) is 5.19. The first kappa shape index (κ1) is 10.5. The molecule has 0 aliphatic carbocycles. The van der Waals surface area contributed by atoms with E-state index in [9.17, 15) is 0 Å². The molecule has 1 rings (SSSR count). The lowest BCUT2D eigenvalue weighted by Gasteiger charge is -2.30. The number of oxime groups is 1. The highest BCUT2D eigenvalue weighted by Gasteiger charge is 2.18. The fourth-order valence-corrected chi connectivity index (χ4v) is 1.69. The Balaban J connectivity index is 2.10. The zero-order valence-electron chi connectivity index (χ0n) is 8.70. The van der Waals surface area contributed by atoms with Crippen LogP contribution in [-0.2, 0) is 4.84 Å². The van der Waals surface area contributed by atoms with Gasteiger partial charge in [-0.2, -0.15) is 0 Å². The Hall–Kier alpha value is -0.570. The predicted octanol–water partition coefficient (Wildman–Crippen LogP) is 1.74. The van der Waals surface area contributed by atoms with Crippen molar-refractivity contribution in [2.75, 3.05) is 26.2 Å². The second kappa shape index (κ2) is 5.97. The molecule has 76 valence electrons. The van der Waals surface area contributed by atoms with Crippen LogP contribution in [0.25, 0.3) is 0 Å². The van der Waals surface area contributed by atoms with Crippen molar-refractivity contribution in [2.45, 2.75) is 26.7 Å². The number of hydrogen-bond donors (Lipinski definition) is 0. The molecular weight excluding hydrogens is 164 g/mol. The van der Waals surface area contributed by atoms with E-state index in [1.54, 1.807) is 6.21 Å². The van der Waals surface area contributed by atoms with Crippen LogP contribution in [0.3, 0.4) is 0 Å². The van der Waals surface area contributed by atoms with E-state index in [1.165, 1.54) is 32.5 Å². The Labute approximate surface area is 80.7 Å². The molecule has 0 aromatic carbocycles. The van der Waals surface area contributed by atoms with Gasteiger partial charge in [-0.3, -0.25) is 0 Å². The van der Waals surface area contributed by atoms with Crippen molar-refractivity contribution >= 4 is 6.21 Å². The van der Waals surface area contributed by atoms with Crippen molar-refractivity contribution in [2.24, 2.45) is 11.1 Å². The minimum atomic E-state index is 0.714. The Morgan fingerprint density at radius 3 is 2.69 bits per heavy atom. The maximum absolute atomic E-state index is 5.14. The highest BCUT2D eigenvalue weighted by atomic mass is 16.6. The van der Waals surface area contributed by atoms with Crippen LogP contribution in [0.2, 0.25) is 0 Å². The molecule has 1 aliphatic rings. The van der Waals surface area contributed by atoms with Crippen molar-refractivity contribution in [1.29, 1.82) is 0 Å². The second-order valence-corrected chi connectivity index (χ2v) is 3.54. The molecule has 13 heavy (non-hydrogen) atoms. The number of nitrogens with zero attached hydrogens (tertiary/aromatic N) is 2. The van der Waals surface area contributed by atoms with E-state index in [-0.39, 0.29) is 0 Å². The van der Waals surface area contributed by atoms with Gasteiger partial charge in [-0.15, -0.1) is 0 Å². The van der Waals surface area contributed by atoms with E-state index in [0.717, 1.165) is 6.61 Å². The van der Waals surface area contributed by atoms with Gasteiger partial charge in [0.1, 0.15) is 6.61 Å². The predicted molar refractivity (Wildman–Crippen MR) is 55.0 cm³/mol. The van der Waals surface area contributed by atoms with Crippen molar-refractivity contribution < 1.29 is 4.84 Å². The summed E-state index contributed by atoms with van der Waals surface area (Å²) in [5, 5.41) is 3.77. The molecule has 0 unspecified atom stereocenters. The summed E-state index contributed by atoms with van der Waals surface area (Å²) in [6, 6.07) is 0. The van der Waals surface area contributed by atoms with Crippen LogP contribution in [0.5, 0.6) is 0 Å². The molecule has 0 spiro atoms. The standard InChI is InChI=1S/C10H20N2O/c1-3-11-13-9-10-5-7-12(4-2)8-6-10/h3,10H,4-9H2,1-2H3/b11-3+. The molecule has 3 heteroatoms. The van der Waals surface area contributed by atoms with Gasteiger partial charge >= 0.3 is 0 Å². The monoisotopic (exact) mass is 184 g/mol. The molecular formula is C10H20N2O. The molecule has 1 heterocycles. The molecule has 0 N–H and O–H groups in total. The van der Waals surface area contributed by atoms with Gasteiger partial charge < -0.3 is 9.74 Å². The van der Waals surface area contributed by atoms with Crippen LogP contribution in [0.15, 0.2) is 5.16 Å². The second-order valence-electron chi connectivity index (χ2n) is 3.54. The summed E-state index contributed by atoms with van der Waals surface area (Å²) >= 11 is 0. The highest BCUT2D eigenvalue weighted by molar-refractivity contribution is 5.52. The molecule has 3 nitrogen and oxygen atoms in total. The minimum Gasteiger partial charge on any atom is -0.396 e. The summed E-state index contributed by atoms with van der Waals surface area (Å²) in [5.74, 6) is 0.714. The Morgan fingerprint density at radius 2 is 2.15 bits per heavy atom. The smallest absolute Gasteiger partial charge is 0.120 e. The molecule has 0 aromatic rings. The average Bonchev–Trinajstić information content (AvgIpc) is 2.19. The maximum atomic E-state index is 5.14. The quantitative estimate of drug-likeness (QED) is 0.491. The Bertz CT molecular complexity index is 151. The van der Waals surface area contributed by atoms with Crippen molar-refractivity contribution in [3.8, 4) is 0 Å². The third-order valence-corrected chi connectivity index (χ3v) is 2.64. The average molecular weight is 184 g/mol. The zero-order valence-corrected chi connectivity index (χ0v) is 8.70. The van der Waals surface area contributed by atoms with Gasteiger partial charge in [-0.1, -0.05) is 12.1 Å². The van der Waals surface area contributed by atoms with Crippen LogP contribution in [-0.4, -0.2) is 37.4 Å². The van der Waals surface area contributed by atoms with Crippen molar-refractivity contribution in [3.05, 3.63) is 0 Å². The van der Waals surface area contributed by atoms with E-state index < -0.39 is 0 Å². The van der Waals surface area contributed by atoms with Crippen LogP contribution >= 0.6 is 0 Å². The number of piperidine rings is 1. The largest absolute Gasteiger partial charge is 0.396 e. The Morgan fingerprint density at radius 1 is 1.46 bits per heavy atom. The molecule has 0 atom stereocenters. The van der Waals surface area contributed by atoms with Gasteiger partial charge in [0.2, 0.25) is 0 Å². The van der Waals surface area contributed by atoms with Gasteiger partial charge in [0.15, 0.2) is 0 Å². The number of hydrogen-bond acceptors (Lipinski definition) is 3. The Kier molecular flexibility index (Phi) is 4.83. The van der Waals surface area contributed by atoms with E-state index in [4.69, 9.17) is 4.84 Å². The van der Waals surface area contributed by atoms with E-state index in [1.807, 2.05) is 6.92 Å². The lowest BCUT2D eigenvalue weighted by molar-refractivity contribution is 0.0736. The number of rotatable bonds is 4. The van der Waals surface area contributed by atoms with Crippen LogP contribution < -0.4 is 0 Å². The van der Waals surface area contributed by atoms with E-state index in [2.05, 4.69) is 17.0 Å².